The van der Waals surface area contributed by atoms with Crippen LogP contribution in [0.15, 0.2) is 48.5 Å². The lowest BCUT2D eigenvalue weighted by Gasteiger charge is -2.16. The summed E-state index contributed by atoms with van der Waals surface area (Å²) in [4.78, 5) is 13.9. The van der Waals surface area contributed by atoms with Crippen LogP contribution in [-0.4, -0.2) is 32.7 Å². The van der Waals surface area contributed by atoms with Crippen molar-refractivity contribution in [2.24, 2.45) is 0 Å². The highest BCUT2D eigenvalue weighted by Gasteiger charge is 2.17. The minimum Gasteiger partial charge on any atom is -0.493 e. The number of nitrogens with one attached hydrogen (secondary N) is 2. The molecule has 1 fully saturated rings. The van der Waals surface area contributed by atoms with E-state index in [0.717, 1.165) is 12.1 Å². The van der Waals surface area contributed by atoms with E-state index in [2.05, 4.69) is 23.5 Å². The third-order valence-corrected chi connectivity index (χ3v) is 5.25. The summed E-state index contributed by atoms with van der Waals surface area (Å²) in [7, 11) is 1.60. The van der Waals surface area contributed by atoms with Crippen molar-refractivity contribution >= 4 is 12.0 Å². The second-order valence-electron chi connectivity index (χ2n) is 7.38. The molecule has 0 radical (unpaired) electrons. The van der Waals surface area contributed by atoms with Crippen molar-refractivity contribution in [1.82, 2.24) is 5.32 Å². The maximum Gasteiger partial charge on any atom is 0.258 e. The van der Waals surface area contributed by atoms with Gasteiger partial charge < -0.3 is 19.7 Å². The molecule has 5 heteroatoms. The van der Waals surface area contributed by atoms with Crippen LogP contribution in [0.2, 0.25) is 0 Å². The number of quaternary nitrogens is 1. The van der Waals surface area contributed by atoms with Gasteiger partial charge in [0.05, 0.1) is 20.2 Å². The molecule has 1 aliphatic heterocycles. The molecule has 1 saturated heterocycles. The Kier molecular flexibility index (Phi) is 7.70. The summed E-state index contributed by atoms with van der Waals surface area (Å²) in [6.45, 7) is 5.94. The van der Waals surface area contributed by atoms with E-state index in [-0.39, 0.29) is 12.5 Å². The van der Waals surface area contributed by atoms with Crippen LogP contribution in [0.25, 0.3) is 6.08 Å². The number of amides is 1. The van der Waals surface area contributed by atoms with E-state index in [1.807, 2.05) is 43.3 Å². The summed E-state index contributed by atoms with van der Waals surface area (Å²) in [5, 5.41) is 2.98. The number of ether oxygens (including phenoxy) is 2. The van der Waals surface area contributed by atoms with E-state index in [1.54, 1.807) is 12.0 Å². The minimum absolute atomic E-state index is 0.0428. The lowest BCUT2D eigenvalue weighted by molar-refractivity contribution is -0.901. The number of rotatable bonds is 9. The van der Waals surface area contributed by atoms with Crippen LogP contribution in [0.5, 0.6) is 11.5 Å². The van der Waals surface area contributed by atoms with Crippen LogP contribution >= 0.6 is 0 Å². The quantitative estimate of drug-likeness (QED) is 0.686. The average molecular weight is 396 g/mol. The fourth-order valence-electron chi connectivity index (χ4n) is 3.71. The molecule has 1 amide bonds. The third-order valence-electron chi connectivity index (χ3n) is 5.25. The van der Waals surface area contributed by atoms with Gasteiger partial charge in [0.2, 0.25) is 0 Å². The van der Waals surface area contributed by atoms with Crippen molar-refractivity contribution in [2.75, 3.05) is 26.8 Å². The van der Waals surface area contributed by atoms with Gasteiger partial charge in [0.1, 0.15) is 6.54 Å². The molecule has 154 valence electrons. The number of benzene rings is 2. The highest BCUT2D eigenvalue weighted by molar-refractivity contribution is 5.77. The zero-order chi connectivity index (χ0) is 20.5. The Balaban J connectivity index is 1.53. The molecular formula is C24H31N2O3+. The normalized spacial score (nSPS) is 14.3. The Morgan fingerprint density at radius 1 is 1.10 bits per heavy atom. The third kappa shape index (κ3) is 6.09. The maximum absolute atomic E-state index is 12.3. The van der Waals surface area contributed by atoms with E-state index >= 15 is 0 Å². The van der Waals surface area contributed by atoms with E-state index in [0.29, 0.717) is 18.0 Å². The molecule has 0 aliphatic carbocycles. The summed E-state index contributed by atoms with van der Waals surface area (Å²) in [5.41, 5.74) is 3.51. The zero-order valence-corrected chi connectivity index (χ0v) is 17.4. The first-order chi connectivity index (χ1) is 14.2. The fraction of sp³-hybridized carbons (Fsp3) is 0.375. The first kappa shape index (κ1) is 20.9. The predicted molar refractivity (Wildman–Crippen MR) is 115 cm³/mol. The number of carbonyl (C=O) groups is 1. The zero-order valence-electron chi connectivity index (χ0n) is 17.4. The van der Waals surface area contributed by atoms with Crippen molar-refractivity contribution in [3.8, 4) is 11.5 Å². The van der Waals surface area contributed by atoms with Gasteiger partial charge >= 0.3 is 0 Å². The van der Waals surface area contributed by atoms with Crippen LogP contribution in [0.1, 0.15) is 36.5 Å². The molecule has 0 unspecified atom stereocenters. The summed E-state index contributed by atoms with van der Waals surface area (Å²) in [6, 6.07) is 14.0. The molecule has 0 spiro atoms. The van der Waals surface area contributed by atoms with Crippen LogP contribution < -0.4 is 19.7 Å². The highest BCUT2D eigenvalue weighted by atomic mass is 16.5. The first-order valence-corrected chi connectivity index (χ1v) is 10.3. The molecule has 1 aliphatic rings. The van der Waals surface area contributed by atoms with E-state index < -0.39 is 0 Å². The van der Waals surface area contributed by atoms with Crippen LogP contribution in [0.4, 0.5) is 0 Å². The van der Waals surface area contributed by atoms with E-state index in [1.165, 1.54) is 37.1 Å². The molecule has 0 bridgehead atoms. The lowest BCUT2D eigenvalue weighted by atomic mass is 10.1. The van der Waals surface area contributed by atoms with E-state index in [4.69, 9.17) is 9.47 Å². The average Bonchev–Trinajstić information content (AvgIpc) is 3.25. The SMILES string of the molecule is C/C=C/c1ccc(OCC(=O)NCc2ccccc2C[NH+]2CCCC2)c(OC)c1. The number of allylic oxidation sites excluding steroid dienone is 1. The summed E-state index contributed by atoms with van der Waals surface area (Å²) >= 11 is 0. The van der Waals surface area contributed by atoms with E-state index in [9.17, 15) is 4.79 Å². The summed E-state index contributed by atoms with van der Waals surface area (Å²) in [6.07, 6.45) is 6.57. The highest BCUT2D eigenvalue weighted by Crippen LogP contribution is 2.28. The Morgan fingerprint density at radius 2 is 1.86 bits per heavy atom. The molecule has 5 nitrogen and oxygen atoms in total. The smallest absolute Gasteiger partial charge is 0.258 e. The second kappa shape index (κ2) is 10.7. The molecule has 2 aromatic rings. The number of likely N-dealkylation sites (tertiary alicyclic amines) is 1. The molecule has 0 saturated carbocycles. The maximum atomic E-state index is 12.3. The second-order valence-corrected chi connectivity index (χ2v) is 7.38. The molecular weight excluding hydrogens is 364 g/mol. The van der Waals surface area contributed by atoms with Gasteiger partial charge in [-0.2, -0.15) is 0 Å². The molecule has 0 atom stereocenters. The Bertz CT molecular complexity index is 842. The summed E-state index contributed by atoms with van der Waals surface area (Å²) in [5.74, 6) is 1.04. The van der Waals surface area contributed by atoms with Gasteiger partial charge in [0.15, 0.2) is 18.1 Å². The molecule has 3 rings (SSSR count). The Labute approximate surface area is 173 Å². The van der Waals surface area contributed by atoms with Crippen molar-refractivity contribution in [3.63, 3.8) is 0 Å². The van der Waals surface area contributed by atoms with Gasteiger partial charge in [-0.15, -0.1) is 0 Å². The van der Waals surface area contributed by atoms with Crippen LogP contribution in [0, 0.1) is 0 Å². The topological polar surface area (TPSA) is 52.0 Å². The first-order valence-electron chi connectivity index (χ1n) is 10.3. The number of methoxy groups -OCH3 is 1. The largest absolute Gasteiger partial charge is 0.493 e. The number of hydrogen-bond donors (Lipinski definition) is 2. The van der Waals surface area contributed by atoms with Gasteiger partial charge in [0.25, 0.3) is 5.91 Å². The van der Waals surface area contributed by atoms with Gasteiger partial charge in [-0.05, 0) is 30.2 Å². The standard InChI is InChI=1S/C24H30N2O3/c1-3-8-19-11-12-22(23(15-19)28-2)29-18-24(27)25-16-20-9-4-5-10-21(20)17-26-13-6-7-14-26/h3-5,8-12,15H,6-7,13-14,16-18H2,1-2H3,(H,25,27)/p+1/b8-3+. The Morgan fingerprint density at radius 3 is 2.59 bits per heavy atom. The van der Waals surface area contributed by atoms with Gasteiger partial charge in [-0.25, -0.2) is 0 Å². The number of hydrogen-bond acceptors (Lipinski definition) is 3. The molecule has 1 heterocycles. The lowest BCUT2D eigenvalue weighted by Crippen LogP contribution is -3.08. The Hall–Kier alpha value is -2.79. The van der Waals surface area contributed by atoms with Crippen LogP contribution in [0.3, 0.4) is 0 Å². The molecule has 2 aromatic carbocycles. The number of carbonyl (C=O) groups excluding carboxylic acids is 1. The van der Waals surface area contributed by atoms with Crippen molar-refractivity contribution < 1.29 is 19.2 Å². The monoisotopic (exact) mass is 395 g/mol. The molecule has 0 aromatic heterocycles. The van der Waals surface area contributed by atoms with Gasteiger partial charge in [-0.1, -0.05) is 42.5 Å². The van der Waals surface area contributed by atoms with Crippen molar-refractivity contribution in [1.29, 1.82) is 0 Å². The fourth-order valence-corrected chi connectivity index (χ4v) is 3.71. The van der Waals surface area contributed by atoms with Crippen molar-refractivity contribution in [2.45, 2.75) is 32.9 Å². The van der Waals surface area contributed by atoms with Gasteiger partial charge in [-0.3, -0.25) is 4.79 Å². The predicted octanol–water partition coefficient (Wildman–Crippen LogP) is 2.60. The summed E-state index contributed by atoms with van der Waals surface area (Å²) < 4.78 is 11.1. The molecule has 29 heavy (non-hydrogen) atoms. The van der Waals surface area contributed by atoms with Crippen molar-refractivity contribution in [3.05, 3.63) is 65.2 Å². The van der Waals surface area contributed by atoms with Gasteiger partial charge in [0, 0.05) is 24.9 Å². The minimum atomic E-state index is -0.145. The molecule has 2 N–H and O–H groups in total. The van der Waals surface area contributed by atoms with Crippen LogP contribution in [-0.2, 0) is 17.9 Å².